The molecule has 5 heteroatoms. The van der Waals surface area contributed by atoms with Crippen molar-refractivity contribution in [3.05, 3.63) is 34.3 Å². The lowest BCUT2D eigenvalue weighted by Gasteiger charge is -2.37. The molecule has 0 atom stereocenters. The minimum absolute atomic E-state index is 0.0310. The molecule has 0 unspecified atom stereocenters. The summed E-state index contributed by atoms with van der Waals surface area (Å²) >= 11 is 6.02. The lowest BCUT2D eigenvalue weighted by Crippen LogP contribution is -2.52. The first kappa shape index (κ1) is 16.3. The van der Waals surface area contributed by atoms with Gasteiger partial charge in [-0.15, -0.1) is 0 Å². The molecule has 0 radical (unpaired) electrons. The molecule has 1 N–H and O–H groups in total. The number of β-amino-alcohol motifs (C(OH)–C–C–N with tert-alkyl or cyclic N) is 1. The fourth-order valence-corrected chi connectivity index (χ4v) is 2.99. The quantitative estimate of drug-likeness (QED) is 0.930. The number of aryl methyl sites for hydroxylation is 1. The second-order valence-electron chi connectivity index (χ2n) is 6.40. The first-order valence-corrected chi connectivity index (χ1v) is 7.64. The second kappa shape index (κ2) is 6.34. The van der Waals surface area contributed by atoms with Gasteiger partial charge in [0.1, 0.15) is 0 Å². The first-order valence-electron chi connectivity index (χ1n) is 7.26. The van der Waals surface area contributed by atoms with Gasteiger partial charge in [-0.2, -0.15) is 0 Å². The molecule has 1 aliphatic heterocycles. The first-order chi connectivity index (χ1) is 9.74. The highest BCUT2D eigenvalue weighted by Crippen LogP contribution is 2.17. The summed E-state index contributed by atoms with van der Waals surface area (Å²) < 4.78 is 0. The van der Waals surface area contributed by atoms with Crippen molar-refractivity contribution < 1.29 is 9.90 Å². The summed E-state index contributed by atoms with van der Waals surface area (Å²) in [4.78, 5) is 16.5. The van der Waals surface area contributed by atoms with Gasteiger partial charge in [-0.3, -0.25) is 9.69 Å². The van der Waals surface area contributed by atoms with E-state index in [2.05, 4.69) is 4.90 Å². The Kier molecular flexibility index (Phi) is 4.91. The van der Waals surface area contributed by atoms with Crippen LogP contribution in [0.5, 0.6) is 0 Å². The van der Waals surface area contributed by atoms with Crippen LogP contribution < -0.4 is 0 Å². The molecule has 1 aromatic carbocycles. The van der Waals surface area contributed by atoms with E-state index >= 15 is 0 Å². The van der Waals surface area contributed by atoms with Gasteiger partial charge < -0.3 is 10.0 Å². The Labute approximate surface area is 131 Å². The van der Waals surface area contributed by atoms with Gasteiger partial charge in [-0.25, -0.2) is 0 Å². The number of carbonyl (C=O) groups excluding carboxylic acids is 1. The van der Waals surface area contributed by atoms with Crippen LogP contribution in [0.4, 0.5) is 0 Å². The highest BCUT2D eigenvalue weighted by molar-refractivity contribution is 6.31. The summed E-state index contributed by atoms with van der Waals surface area (Å²) in [6.45, 7) is 9.11. The number of nitrogens with zero attached hydrogens (tertiary/aromatic N) is 2. The van der Waals surface area contributed by atoms with E-state index in [0.717, 1.165) is 18.7 Å². The van der Waals surface area contributed by atoms with Gasteiger partial charge in [0, 0.05) is 43.3 Å². The predicted molar refractivity (Wildman–Crippen MR) is 84.8 cm³/mol. The number of amides is 1. The van der Waals surface area contributed by atoms with Crippen LogP contribution in [0.3, 0.4) is 0 Å². The molecule has 0 aliphatic carbocycles. The normalized spacial score (nSPS) is 17.1. The predicted octanol–water partition coefficient (Wildman–Crippen LogP) is 2.18. The third-order valence-corrected chi connectivity index (χ3v) is 3.78. The maximum atomic E-state index is 12.5. The summed E-state index contributed by atoms with van der Waals surface area (Å²) in [6, 6.07) is 5.44. The molecule has 1 aliphatic rings. The monoisotopic (exact) mass is 310 g/mol. The Balaban J connectivity index is 1.97. The Morgan fingerprint density at radius 1 is 1.24 bits per heavy atom. The summed E-state index contributed by atoms with van der Waals surface area (Å²) in [7, 11) is 0. The smallest absolute Gasteiger partial charge is 0.254 e. The second-order valence-corrected chi connectivity index (χ2v) is 6.83. The van der Waals surface area contributed by atoms with Gasteiger partial charge in [0.2, 0.25) is 0 Å². The van der Waals surface area contributed by atoms with Crippen LogP contribution in [0.2, 0.25) is 5.02 Å². The van der Waals surface area contributed by atoms with Crippen LogP contribution in [-0.2, 0) is 0 Å². The van der Waals surface area contributed by atoms with Crippen molar-refractivity contribution >= 4 is 17.5 Å². The average Bonchev–Trinajstić information content (AvgIpc) is 2.35. The number of piperazine rings is 1. The molecule has 4 nitrogen and oxygen atoms in total. The number of aliphatic hydroxyl groups is 1. The minimum atomic E-state index is -0.698. The lowest BCUT2D eigenvalue weighted by atomic mass is 10.1. The molecule has 1 aromatic rings. The SMILES string of the molecule is Cc1cc(Cl)cc(C(=O)N2CCN(CC(C)(C)O)CC2)c1. The van der Waals surface area contributed by atoms with E-state index in [1.165, 1.54) is 0 Å². The van der Waals surface area contributed by atoms with Crippen LogP contribution >= 0.6 is 11.6 Å². The number of rotatable bonds is 3. The lowest BCUT2D eigenvalue weighted by molar-refractivity contribution is 0.0178. The van der Waals surface area contributed by atoms with Crippen LogP contribution in [0, 0.1) is 6.92 Å². The summed E-state index contributed by atoms with van der Waals surface area (Å²) in [5, 5.41) is 10.4. The van der Waals surface area contributed by atoms with Crippen molar-refractivity contribution in [2.24, 2.45) is 0 Å². The molecule has 0 spiro atoms. The maximum Gasteiger partial charge on any atom is 0.254 e. The fourth-order valence-electron chi connectivity index (χ4n) is 2.70. The van der Waals surface area contributed by atoms with E-state index in [9.17, 15) is 9.90 Å². The topological polar surface area (TPSA) is 43.8 Å². The molecule has 21 heavy (non-hydrogen) atoms. The Bertz CT molecular complexity index is 497. The largest absolute Gasteiger partial charge is 0.389 e. The number of hydrogen-bond acceptors (Lipinski definition) is 3. The highest BCUT2D eigenvalue weighted by atomic mass is 35.5. The molecule has 1 fully saturated rings. The third-order valence-electron chi connectivity index (χ3n) is 3.56. The van der Waals surface area contributed by atoms with Crippen molar-refractivity contribution in [2.75, 3.05) is 32.7 Å². The van der Waals surface area contributed by atoms with Crippen LogP contribution in [0.15, 0.2) is 18.2 Å². The molecule has 0 bridgehead atoms. The van der Waals surface area contributed by atoms with Crippen molar-refractivity contribution in [1.29, 1.82) is 0 Å². The standard InChI is InChI=1S/C16H23ClN2O2/c1-12-8-13(10-14(17)9-12)15(20)19-6-4-18(5-7-19)11-16(2,3)21/h8-10,21H,4-7,11H2,1-3H3. The van der Waals surface area contributed by atoms with E-state index < -0.39 is 5.60 Å². The van der Waals surface area contributed by atoms with Gasteiger partial charge in [0.15, 0.2) is 0 Å². The van der Waals surface area contributed by atoms with Crippen molar-refractivity contribution in [3.63, 3.8) is 0 Å². The number of benzene rings is 1. The van der Waals surface area contributed by atoms with E-state index in [1.807, 2.05) is 24.0 Å². The number of carbonyl (C=O) groups is 1. The molecule has 0 saturated carbocycles. The van der Waals surface area contributed by atoms with Gasteiger partial charge in [0.05, 0.1) is 5.60 Å². The molecule has 2 rings (SSSR count). The Morgan fingerprint density at radius 2 is 1.86 bits per heavy atom. The molecule has 1 amide bonds. The van der Waals surface area contributed by atoms with Crippen LogP contribution in [0.25, 0.3) is 0 Å². The van der Waals surface area contributed by atoms with Crippen molar-refractivity contribution in [1.82, 2.24) is 9.80 Å². The van der Waals surface area contributed by atoms with Crippen LogP contribution in [-0.4, -0.2) is 59.1 Å². The Morgan fingerprint density at radius 3 is 2.38 bits per heavy atom. The van der Waals surface area contributed by atoms with Crippen molar-refractivity contribution in [2.45, 2.75) is 26.4 Å². The van der Waals surface area contributed by atoms with Crippen LogP contribution in [0.1, 0.15) is 29.8 Å². The Hall–Kier alpha value is -1.10. The molecular formula is C16H23ClN2O2. The summed E-state index contributed by atoms with van der Waals surface area (Å²) in [6.07, 6.45) is 0. The van der Waals surface area contributed by atoms with E-state index in [-0.39, 0.29) is 5.91 Å². The molecule has 116 valence electrons. The summed E-state index contributed by atoms with van der Waals surface area (Å²) in [5.74, 6) is 0.0310. The number of hydrogen-bond donors (Lipinski definition) is 1. The van der Waals surface area contributed by atoms with Gasteiger partial charge in [-0.05, 0) is 44.5 Å². The van der Waals surface area contributed by atoms with Crippen molar-refractivity contribution in [3.8, 4) is 0 Å². The van der Waals surface area contributed by atoms with E-state index in [1.54, 1.807) is 19.9 Å². The van der Waals surface area contributed by atoms with Gasteiger partial charge in [0.25, 0.3) is 5.91 Å². The third kappa shape index (κ3) is 4.70. The molecule has 1 saturated heterocycles. The van der Waals surface area contributed by atoms with Gasteiger partial charge in [-0.1, -0.05) is 11.6 Å². The molecule has 0 aromatic heterocycles. The van der Waals surface area contributed by atoms with E-state index in [0.29, 0.717) is 30.2 Å². The fraction of sp³-hybridized carbons (Fsp3) is 0.562. The molecular weight excluding hydrogens is 288 g/mol. The van der Waals surface area contributed by atoms with E-state index in [4.69, 9.17) is 11.6 Å². The average molecular weight is 311 g/mol. The number of halogens is 1. The zero-order chi connectivity index (χ0) is 15.6. The minimum Gasteiger partial charge on any atom is -0.389 e. The van der Waals surface area contributed by atoms with Gasteiger partial charge >= 0.3 is 0 Å². The summed E-state index contributed by atoms with van der Waals surface area (Å²) in [5.41, 5.74) is 0.943. The zero-order valence-corrected chi connectivity index (χ0v) is 13.7. The molecule has 1 heterocycles. The zero-order valence-electron chi connectivity index (χ0n) is 12.9. The maximum absolute atomic E-state index is 12.5. The highest BCUT2D eigenvalue weighted by Gasteiger charge is 2.25.